The quantitative estimate of drug-likeness (QED) is 0.764. The van der Waals surface area contributed by atoms with E-state index in [4.69, 9.17) is 0 Å². The van der Waals surface area contributed by atoms with E-state index in [0.717, 1.165) is 12.1 Å². The molecule has 3 atom stereocenters. The highest BCUT2D eigenvalue weighted by Gasteiger charge is 2.47. The number of fused-ring (bicyclic) bond motifs is 1. The largest absolute Gasteiger partial charge is 0.364 e. The summed E-state index contributed by atoms with van der Waals surface area (Å²) in [4.78, 5) is 4.64. The van der Waals surface area contributed by atoms with Crippen molar-refractivity contribution in [2.45, 2.75) is 60.4 Å². The topological polar surface area (TPSA) is 53.9 Å². The maximum Gasteiger partial charge on any atom is 0.208 e. The summed E-state index contributed by atoms with van der Waals surface area (Å²) < 4.78 is 26.2. The third kappa shape index (κ3) is 4.97. The zero-order valence-corrected chi connectivity index (χ0v) is 19.4. The summed E-state index contributed by atoms with van der Waals surface area (Å²) in [6.07, 6.45) is 8.04. The first-order valence-electron chi connectivity index (χ1n) is 11.8. The van der Waals surface area contributed by atoms with Gasteiger partial charge >= 0.3 is 0 Å². The highest BCUT2D eigenvalue weighted by atomic mass is 32.2. The second-order valence-electron chi connectivity index (χ2n) is 8.97. The van der Waals surface area contributed by atoms with E-state index in [9.17, 15) is 8.42 Å². The number of quaternary nitrogens is 1. The summed E-state index contributed by atoms with van der Waals surface area (Å²) in [5, 5.41) is 3.35. The van der Waals surface area contributed by atoms with Gasteiger partial charge in [0.05, 0.1) is 41.0 Å². The molecular formula is C25H36N3O2S+. The highest BCUT2D eigenvalue weighted by Crippen LogP contribution is 2.32. The SMILES string of the molecule is C1CCCNCC1.CN(c1ccccc1S(=O)(=O)c1ccccc1)C1CC[NH+]2CCC12. The lowest BCUT2D eigenvalue weighted by Crippen LogP contribution is -3.20. The molecule has 6 heteroatoms. The Bertz CT molecular complexity index is 929. The predicted octanol–water partition coefficient (Wildman–Crippen LogP) is 2.54. The number of benzene rings is 2. The average molecular weight is 443 g/mol. The van der Waals surface area contributed by atoms with Crippen LogP contribution in [0.5, 0.6) is 0 Å². The van der Waals surface area contributed by atoms with Gasteiger partial charge < -0.3 is 15.1 Å². The zero-order chi connectivity index (χ0) is 21.7. The van der Waals surface area contributed by atoms with Gasteiger partial charge in [0.15, 0.2) is 0 Å². The lowest BCUT2D eigenvalue weighted by Gasteiger charge is -2.38. The van der Waals surface area contributed by atoms with Gasteiger partial charge in [-0.05, 0) is 50.2 Å². The molecule has 0 spiro atoms. The molecule has 3 fully saturated rings. The minimum atomic E-state index is -3.51. The Morgan fingerprint density at radius 2 is 1.52 bits per heavy atom. The summed E-state index contributed by atoms with van der Waals surface area (Å²) in [6.45, 7) is 4.96. The molecule has 2 aromatic rings. The minimum Gasteiger partial charge on any atom is -0.364 e. The van der Waals surface area contributed by atoms with Crippen molar-refractivity contribution in [2.75, 3.05) is 38.1 Å². The average Bonchev–Trinajstić information content (AvgIpc) is 2.98. The number of para-hydroxylation sites is 1. The number of anilines is 1. The van der Waals surface area contributed by atoms with Crippen LogP contribution in [-0.2, 0) is 9.84 Å². The molecule has 5 rings (SSSR count). The maximum absolute atomic E-state index is 13.1. The van der Waals surface area contributed by atoms with Gasteiger partial charge in [-0.1, -0.05) is 43.2 Å². The van der Waals surface area contributed by atoms with Crippen LogP contribution in [-0.4, -0.2) is 53.7 Å². The summed E-state index contributed by atoms with van der Waals surface area (Å²) >= 11 is 0. The summed E-state index contributed by atoms with van der Waals surface area (Å²) in [6, 6.07) is 17.2. The molecule has 2 aromatic carbocycles. The number of hydrogen-bond donors (Lipinski definition) is 2. The highest BCUT2D eigenvalue weighted by molar-refractivity contribution is 7.91. The minimum absolute atomic E-state index is 0.355. The molecule has 3 unspecified atom stereocenters. The molecule has 5 nitrogen and oxygen atoms in total. The lowest BCUT2D eigenvalue weighted by atomic mass is 9.98. The Morgan fingerprint density at radius 3 is 2.16 bits per heavy atom. The van der Waals surface area contributed by atoms with E-state index in [-0.39, 0.29) is 0 Å². The normalized spacial score (nSPS) is 25.4. The van der Waals surface area contributed by atoms with E-state index >= 15 is 0 Å². The smallest absolute Gasteiger partial charge is 0.208 e. The zero-order valence-electron chi connectivity index (χ0n) is 18.6. The van der Waals surface area contributed by atoms with E-state index in [1.807, 2.05) is 31.3 Å². The van der Waals surface area contributed by atoms with Crippen molar-refractivity contribution in [3.63, 3.8) is 0 Å². The summed E-state index contributed by atoms with van der Waals surface area (Å²) in [5.41, 5.74) is 0.819. The number of hydrogen-bond acceptors (Lipinski definition) is 4. The van der Waals surface area contributed by atoms with Crippen LogP contribution >= 0.6 is 0 Å². The van der Waals surface area contributed by atoms with Crippen LogP contribution in [0.4, 0.5) is 5.69 Å². The fourth-order valence-corrected chi connectivity index (χ4v) is 6.66. The van der Waals surface area contributed by atoms with E-state index in [1.54, 1.807) is 35.2 Å². The molecule has 0 aliphatic carbocycles. The van der Waals surface area contributed by atoms with Crippen LogP contribution < -0.4 is 15.1 Å². The van der Waals surface area contributed by atoms with Crippen LogP contribution in [0.25, 0.3) is 0 Å². The fourth-order valence-electron chi connectivity index (χ4n) is 5.15. The van der Waals surface area contributed by atoms with Crippen molar-refractivity contribution in [2.24, 2.45) is 0 Å². The molecule has 0 aromatic heterocycles. The molecule has 0 amide bonds. The van der Waals surface area contributed by atoms with Gasteiger partial charge in [-0.15, -0.1) is 0 Å². The number of rotatable bonds is 4. The molecule has 3 aliphatic heterocycles. The Hall–Kier alpha value is -1.89. The van der Waals surface area contributed by atoms with E-state index in [1.165, 1.54) is 58.3 Å². The van der Waals surface area contributed by atoms with Crippen molar-refractivity contribution < 1.29 is 13.3 Å². The van der Waals surface area contributed by atoms with Gasteiger partial charge in [-0.3, -0.25) is 0 Å². The van der Waals surface area contributed by atoms with Gasteiger partial charge in [0.2, 0.25) is 9.84 Å². The molecule has 31 heavy (non-hydrogen) atoms. The Balaban J connectivity index is 0.000000282. The molecule has 3 aliphatic rings. The molecule has 168 valence electrons. The first-order chi connectivity index (χ1) is 15.1. The van der Waals surface area contributed by atoms with Gasteiger partial charge in [-0.2, -0.15) is 0 Å². The third-order valence-electron chi connectivity index (χ3n) is 7.07. The van der Waals surface area contributed by atoms with Crippen molar-refractivity contribution in [1.29, 1.82) is 0 Å². The van der Waals surface area contributed by atoms with E-state index in [0.29, 0.717) is 21.9 Å². The molecular weight excluding hydrogens is 406 g/mol. The van der Waals surface area contributed by atoms with Crippen LogP contribution in [0.15, 0.2) is 64.4 Å². The summed E-state index contributed by atoms with van der Waals surface area (Å²) in [5.74, 6) is 0. The van der Waals surface area contributed by atoms with Gasteiger partial charge in [-0.25, -0.2) is 8.42 Å². The van der Waals surface area contributed by atoms with E-state index in [2.05, 4.69) is 10.2 Å². The number of nitrogens with one attached hydrogen (secondary N) is 2. The second-order valence-corrected chi connectivity index (χ2v) is 10.9. The van der Waals surface area contributed by atoms with Crippen LogP contribution in [0, 0.1) is 0 Å². The standard InChI is InChI=1S/C19H22N2O2S.C6H13N/c1-20(16-11-13-21-14-12-17(16)21)18-9-5-6-10-19(18)24(22,23)15-7-3-2-4-8-15;1-2-4-6-7-5-3-1/h2-10,16-17H,11-14H2,1H3;7H,1-6H2/p+1. The Morgan fingerprint density at radius 1 is 0.871 bits per heavy atom. The maximum atomic E-state index is 13.1. The van der Waals surface area contributed by atoms with Crippen molar-refractivity contribution in [3.05, 3.63) is 54.6 Å². The van der Waals surface area contributed by atoms with Crippen molar-refractivity contribution in [3.8, 4) is 0 Å². The van der Waals surface area contributed by atoms with Gasteiger partial charge in [0.1, 0.15) is 6.04 Å². The lowest BCUT2D eigenvalue weighted by molar-refractivity contribution is -0.954. The van der Waals surface area contributed by atoms with Gasteiger partial charge in [0.25, 0.3) is 0 Å². The molecule has 3 saturated heterocycles. The first-order valence-corrected chi connectivity index (χ1v) is 13.2. The summed E-state index contributed by atoms with van der Waals surface area (Å²) in [7, 11) is -1.46. The van der Waals surface area contributed by atoms with Crippen molar-refractivity contribution >= 4 is 15.5 Å². The third-order valence-corrected chi connectivity index (χ3v) is 8.89. The van der Waals surface area contributed by atoms with Crippen LogP contribution in [0.1, 0.15) is 38.5 Å². The number of nitrogens with zero attached hydrogens (tertiary/aromatic N) is 1. The van der Waals surface area contributed by atoms with Gasteiger partial charge in [0, 0.05) is 13.5 Å². The predicted molar refractivity (Wildman–Crippen MR) is 126 cm³/mol. The molecule has 0 radical (unpaired) electrons. The molecule has 3 heterocycles. The second kappa shape index (κ2) is 10.2. The van der Waals surface area contributed by atoms with Crippen molar-refractivity contribution in [1.82, 2.24) is 5.32 Å². The number of likely N-dealkylation sites (N-methyl/N-ethyl adjacent to an activating group) is 1. The van der Waals surface area contributed by atoms with Crippen LogP contribution in [0.2, 0.25) is 0 Å². The monoisotopic (exact) mass is 442 g/mol. The number of sulfone groups is 1. The molecule has 0 bridgehead atoms. The fraction of sp³-hybridized carbons (Fsp3) is 0.520. The molecule has 2 N–H and O–H groups in total. The van der Waals surface area contributed by atoms with E-state index < -0.39 is 9.84 Å². The molecule has 0 saturated carbocycles. The first kappa shape index (κ1) is 22.3. The van der Waals surface area contributed by atoms with Crippen LogP contribution in [0.3, 0.4) is 0 Å². The Labute approximate surface area is 187 Å². The Kier molecular flexibility index (Phi) is 7.31.